The van der Waals surface area contributed by atoms with Gasteiger partial charge in [0.25, 0.3) is 5.56 Å². The van der Waals surface area contributed by atoms with Crippen LogP contribution in [0.1, 0.15) is 13.3 Å². The Labute approximate surface area is 128 Å². The molecule has 0 saturated heterocycles. The summed E-state index contributed by atoms with van der Waals surface area (Å²) in [5.41, 5.74) is 0.654. The highest BCUT2D eigenvalue weighted by Crippen LogP contribution is 2.26. The zero-order chi connectivity index (χ0) is 15.0. The van der Waals surface area contributed by atoms with Crippen LogP contribution < -0.4 is 11.2 Å². The van der Waals surface area contributed by atoms with Crippen molar-refractivity contribution >= 4 is 27.1 Å². The third-order valence-electron chi connectivity index (χ3n) is 3.21. The van der Waals surface area contributed by atoms with Gasteiger partial charge in [-0.15, -0.1) is 0 Å². The lowest BCUT2D eigenvalue weighted by atomic mass is 10.2. The summed E-state index contributed by atoms with van der Waals surface area (Å²) in [6, 6.07) is 7.57. The molecule has 0 unspecified atom stereocenters. The summed E-state index contributed by atoms with van der Waals surface area (Å²) >= 11 is 3.46. The molecule has 0 aliphatic carbocycles. The minimum absolute atomic E-state index is 0.314. The first kappa shape index (κ1) is 13.8. The van der Waals surface area contributed by atoms with Gasteiger partial charge in [0.1, 0.15) is 11.3 Å². The summed E-state index contributed by atoms with van der Waals surface area (Å²) in [5.74, 6) is 0.554. The van der Waals surface area contributed by atoms with Crippen LogP contribution >= 0.6 is 15.9 Å². The number of H-pyrrole nitrogens is 2. The van der Waals surface area contributed by atoms with Crippen LogP contribution in [0.4, 0.5) is 0 Å². The van der Waals surface area contributed by atoms with E-state index in [9.17, 15) is 9.59 Å². The highest BCUT2D eigenvalue weighted by atomic mass is 79.9. The van der Waals surface area contributed by atoms with Crippen LogP contribution in [0.5, 0.6) is 0 Å². The van der Waals surface area contributed by atoms with Crippen molar-refractivity contribution in [1.82, 2.24) is 19.5 Å². The minimum Gasteiger partial charge on any atom is -0.332 e. The molecule has 2 N–H and O–H groups in total. The summed E-state index contributed by atoms with van der Waals surface area (Å²) in [7, 11) is 0. The topological polar surface area (TPSA) is 83.5 Å². The summed E-state index contributed by atoms with van der Waals surface area (Å²) < 4.78 is 2.35. The first-order chi connectivity index (χ1) is 10.1. The van der Waals surface area contributed by atoms with E-state index in [4.69, 9.17) is 0 Å². The van der Waals surface area contributed by atoms with Gasteiger partial charge in [0, 0.05) is 16.6 Å². The maximum Gasteiger partial charge on any atom is 0.330 e. The van der Waals surface area contributed by atoms with Crippen LogP contribution in [0.25, 0.3) is 22.6 Å². The number of aromatic nitrogens is 4. The maximum atomic E-state index is 11.9. The zero-order valence-corrected chi connectivity index (χ0v) is 12.9. The Bertz CT molecular complexity index is 923. The van der Waals surface area contributed by atoms with Crippen molar-refractivity contribution in [2.45, 2.75) is 19.9 Å². The van der Waals surface area contributed by atoms with E-state index in [0.29, 0.717) is 23.5 Å². The summed E-state index contributed by atoms with van der Waals surface area (Å²) in [6.45, 7) is 2.47. The van der Waals surface area contributed by atoms with E-state index in [1.54, 1.807) is 0 Å². The number of hydrogen-bond acceptors (Lipinski definition) is 3. The van der Waals surface area contributed by atoms with E-state index in [0.717, 1.165) is 16.5 Å². The first-order valence-electron chi connectivity index (χ1n) is 6.59. The Morgan fingerprint density at radius 3 is 2.71 bits per heavy atom. The third kappa shape index (κ3) is 2.33. The van der Waals surface area contributed by atoms with Gasteiger partial charge in [-0.2, -0.15) is 0 Å². The standard InChI is InChI=1S/C14H13BrN4O2/c1-2-7-19-12-10(13(20)18-14(19)21)16-11(17-12)8-5-3-4-6-9(8)15/h3-6H,2,7H2,1H3,(H,16,17)(H,18,20,21). The van der Waals surface area contributed by atoms with Crippen molar-refractivity contribution in [2.24, 2.45) is 0 Å². The summed E-state index contributed by atoms with van der Waals surface area (Å²) in [6.07, 6.45) is 0.776. The molecule has 2 heterocycles. The molecule has 3 aromatic rings. The quantitative estimate of drug-likeness (QED) is 0.761. The molecule has 0 radical (unpaired) electrons. The van der Waals surface area contributed by atoms with Gasteiger partial charge < -0.3 is 4.98 Å². The van der Waals surface area contributed by atoms with Crippen molar-refractivity contribution in [3.63, 3.8) is 0 Å². The van der Waals surface area contributed by atoms with Crippen molar-refractivity contribution in [1.29, 1.82) is 0 Å². The fourth-order valence-corrected chi connectivity index (χ4v) is 2.73. The van der Waals surface area contributed by atoms with Crippen LogP contribution in [0.15, 0.2) is 38.3 Å². The SMILES string of the molecule is CCCn1c(=O)[nH]c(=O)c2[nH]c(-c3ccccc3Br)nc21. The Balaban J connectivity index is 2.32. The van der Waals surface area contributed by atoms with Gasteiger partial charge >= 0.3 is 5.69 Å². The molecule has 0 spiro atoms. The number of aromatic amines is 2. The fraction of sp³-hybridized carbons (Fsp3) is 0.214. The van der Waals surface area contributed by atoms with Gasteiger partial charge in [0.15, 0.2) is 5.65 Å². The van der Waals surface area contributed by atoms with Gasteiger partial charge in [-0.25, -0.2) is 9.78 Å². The number of hydrogen-bond donors (Lipinski definition) is 2. The first-order valence-corrected chi connectivity index (χ1v) is 7.39. The Morgan fingerprint density at radius 1 is 1.24 bits per heavy atom. The van der Waals surface area contributed by atoms with Crippen LogP contribution in [0, 0.1) is 0 Å². The van der Waals surface area contributed by atoms with Crippen molar-refractivity contribution in [3.8, 4) is 11.4 Å². The lowest BCUT2D eigenvalue weighted by Gasteiger charge is -2.02. The molecule has 0 fully saturated rings. The second-order valence-corrected chi connectivity index (χ2v) is 5.53. The largest absolute Gasteiger partial charge is 0.332 e. The predicted octanol–water partition coefficient (Wildman–Crippen LogP) is 2.25. The van der Waals surface area contributed by atoms with Crippen LogP contribution in [-0.2, 0) is 6.54 Å². The van der Waals surface area contributed by atoms with Gasteiger partial charge in [-0.3, -0.25) is 14.3 Å². The summed E-state index contributed by atoms with van der Waals surface area (Å²) in [4.78, 5) is 33.6. The third-order valence-corrected chi connectivity index (χ3v) is 3.90. The van der Waals surface area contributed by atoms with Gasteiger partial charge in [0.05, 0.1) is 0 Å². The van der Waals surface area contributed by atoms with Gasteiger partial charge in [-0.05, 0) is 12.5 Å². The smallest absolute Gasteiger partial charge is 0.330 e. The van der Waals surface area contributed by atoms with E-state index in [1.807, 2.05) is 31.2 Å². The molecule has 6 nitrogen and oxygen atoms in total. The lowest BCUT2D eigenvalue weighted by molar-refractivity contribution is 0.653. The number of nitrogens with zero attached hydrogens (tertiary/aromatic N) is 2. The fourth-order valence-electron chi connectivity index (χ4n) is 2.25. The van der Waals surface area contributed by atoms with Crippen LogP contribution in [0.2, 0.25) is 0 Å². The maximum absolute atomic E-state index is 11.9. The van der Waals surface area contributed by atoms with E-state index < -0.39 is 11.2 Å². The van der Waals surface area contributed by atoms with E-state index >= 15 is 0 Å². The molecule has 3 rings (SSSR count). The second kappa shape index (κ2) is 5.33. The highest BCUT2D eigenvalue weighted by Gasteiger charge is 2.14. The second-order valence-electron chi connectivity index (χ2n) is 4.67. The molecule has 2 aromatic heterocycles. The average Bonchev–Trinajstić information content (AvgIpc) is 2.89. The zero-order valence-electron chi connectivity index (χ0n) is 11.3. The molecule has 0 atom stereocenters. The van der Waals surface area contributed by atoms with E-state index in [2.05, 4.69) is 30.9 Å². The monoisotopic (exact) mass is 348 g/mol. The molecule has 108 valence electrons. The molecule has 21 heavy (non-hydrogen) atoms. The molecule has 0 aliphatic rings. The predicted molar refractivity (Wildman–Crippen MR) is 84.4 cm³/mol. The summed E-state index contributed by atoms with van der Waals surface area (Å²) in [5, 5.41) is 0. The van der Waals surface area contributed by atoms with E-state index in [-0.39, 0.29) is 0 Å². The molecule has 1 aromatic carbocycles. The van der Waals surface area contributed by atoms with Crippen molar-refractivity contribution < 1.29 is 0 Å². The Morgan fingerprint density at radius 2 is 2.00 bits per heavy atom. The van der Waals surface area contributed by atoms with Crippen molar-refractivity contribution in [2.75, 3.05) is 0 Å². The highest BCUT2D eigenvalue weighted by molar-refractivity contribution is 9.10. The number of aryl methyl sites for hydroxylation is 1. The molecule has 7 heteroatoms. The van der Waals surface area contributed by atoms with Crippen LogP contribution in [-0.4, -0.2) is 19.5 Å². The number of imidazole rings is 1. The molecule has 0 aliphatic heterocycles. The number of fused-ring (bicyclic) bond motifs is 1. The molecule has 0 bridgehead atoms. The number of halogens is 1. The number of benzene rings is 1. The lowest BCUT2D eigenvalue weighted by Crippen LogP contribution is -2.30. The minimum atomic E-state index is -0.451. The molecule has 0 amide bonds. The normalized spacial score (nSPS) is 11.1. The van der Waals surface area contributed by atoms with Gasteiger partial charge in [0.2, 0.25) is 0 Å². The van der Waals surface area contributed by atoms with Crippen LogP contribution in [0.3, 0.4) is 0 Å². The van der Waals surface area contributed by atoms with Gasteiger partial charge in [-0.1, -0.05) is 41.1 Å². The molecular formula is C14H13BrN4O2. The number of nitrogens with one attached hydrogen (secondary N) is 2. The molecule has 0 saturated carbocycles. The Hall–Kier alpha value is -2.15. The molecular weight excluding hydrogens is 336 g/mol. The average molecular weight is 349 g/mol. The Kier molecular flexibility index (Phi) is 3.50. The number of rotatable bonds is 3. The van der Waals surface area contributed by atoms with E-state index in [1.165, 1.54) is 4.57 Å². The van der Waals surface area contributed by atoms with Crippen molar-refractivity contribution in [3.05, 3.63) is 49.6 Å².